The summed E-state index contributed by atoms with van der Waals surface area (Å²) in [6.07, 6.45) is 1.46. The molecule has 0 saturated carbocycles. The molecular weight excluding hydrogens is 436 g/mol. The number of hydrogen-bond acceptors (Lipinski definition) is 7. The van der Waals surface area contributed by atoms with Gasteiger partial charge in [0.2, 0.25) is 5.91 Å². The van der Waals surface area contributed by atoms with Crippen molar-refractivity contribution in [3.63, 3.8) is 0 Å². The summed E-state index contributed by atoms with van der Waals surface area (Å²) in [6, 6.07) is 3.49. The zero-order valence-electron chi connectivity index (χ0n) is 18.3. The van der Waals surface area contributed by atoms with Gasteiger partial charge in [-0.15, -0.1) is 11.3 Å². The number of amides is 1. The molecule has 170 valence electrons. The topological polar surface area (TPSA) is 87.0 Å². The number of piperazine rings is 1. The number of carbonyl (C=O) groups is 1. The lowest BCUT2D eigenvalue weighted by Gasteiger charge is -2.38. The molecule has 2 aromatic heterocycles. The van der Waals surface area contributed by atoms with Gasteiger partial charge in [0.1, 0.15) is 9.97 Å². The number of aromatic nitrogens is 1. The summed E-state index contributed by atoms with van der Waals surface area (Å²) in [4.78, 5) is 18.3. The summed E-state index contributed by atoms with van der Waals surface area (Å²) >= 11 is 1.29. The van der Waals surface area contributed by atoms with E-state index in [9.17, 15) is 13.2 Å². The first-order valence-electron chi connectivity index (χ1n) is 10.7. The van der Waals surface area contributed by atoms with E-state index < -0.39 is 10.0 Å². The molecular formula is C21H30N4O4S2. The summed E-state index contributed by atoms with van der Waals surface area (Å²) in [7, 11) is -3.53. The highest BCUT2D eigenvalue weighted by atomic mass is 32.2. The molecule has 1 amide bonds. The molecule has 4 heterocycles. The number of carbonyl (C=O) groups excluding carboxylic acids is 1. The maximum Gasteiger partial charge on any atom is 0.252 e. The molecule has 0 N–H and O–H groups in total. The van der Waals surface area contributed by atoms with Gasteiger partial charge in [0, 0.05) is 56.3 Å². The lowest BCUT2D eigenvalue weighted by Crippen LogP contribution is -2.52. The summed E-state index contributed by atoms with van der Waals surface area (Å²) in [5.41, 5.74) is 2.04. The first kappa shape index (κ1) is 22.4. The van der Waals surface area contributed by atoms with Crippen LogP contribution in [0.4, 0.5) is 0 Å². The van der Waals surface area contributed by atoms with Crippen molar-refractivity contribution in [3.05, 3.63) is 34.0 Å². The molecule has 8 nitrogen and oxygen atoms in total. The smallest absolute Gasteiger partial charge is 0.252 e. The van der Waals surface area contributed by atoms with E-state index in [4.69, 9.17) is 4.52 Å². The fourth-order valence-electron chi connectivity index (χ4n) is 4.38. The second kappa shape index (κ2) is 9.01. The predicted molar refractivity (Wildman–Crippen MR) is 118 cm³/mol. The minimum absolute atomic E-state index is 0.0826. The van der Waals surface area contributed by atoms with E-state index >= 15 is 0 Å². The fraction of sp³-hybridized carbons (Fsp3) is 0.619. The van der Waals surface area contributed by atoms with Crippen molar-refractivity contribution in [2.45, 2.75) is 44.4 Å². The highest BCUT2D eigenvalue weighted by Crippen LogP contribution is 2.29. The van der Waals surface area contributed by atoms with E-state index in [0.29, 0.717) is 30.3 Å². The van der Waals surface area contributed by atoms with E-state index in [1.165, 1.54) is 15.6 Å². The van der Waals surface area contributed by atoms with Gasteiger partial charge >= 0.3 is 0 Å². The lowest BCUT2D eigenvalue weighted by atomic mass is 9.97. The molecule has 0 radical (unpaired) electrons. The van der Waals surface area contributed by atoms with Crippen LogP contribution >= 0.6 is 11.3 Å². The first-order valence-corrected chi connectivity index (χ1v) is 13.0. The first-order chi connectivity index (χ1) is 14.8. The molecule has 2 aromatic rings. The van der Waals surface area contributed by atoms with Gasteiger partial charge in [0.05, 0.1) is 11.6 Å². The highest BCUT2D eigenvalue weighted by molar-refractivity contribution is 7.91. The third-order valence-corrected chi connectivity index (χ3v) is 9.62. The Kier molecular flexibility index (Phi) is 6.52. The molecule has 1 unspecified atom stereocenters. The minimum Gasteiger partial charge on any atom is -0.361 e. The lowest BCUT2D eigenvalue weighted by molar-refractivity contribution is -0.138. The van der Waals surface area contributed by atoms with Gasteiger partial charge in [-0.3, -0.25) is 9.69 Å². The number of rotatable bonds is 5. The van der Waals surface area contributed by atoms with Crippen LogP contribution in [0.15, 0.2) is 20.9 Å². The van der Waals surface area contributed by atoms with E-state index in [1.54, 1.807) is 6.07 Å². The van der Waals surface area contributed by atoms with Gasteiger partial charge in [-0.2, -0.15) is 4.31 Å². The molecule has 31 heavy (non-hydrogen) atoms. The molecule has 2 fully saturated rings. The third-order valence-electron chi connectivity index (χ3n) is 6.29. The van der Waals surface area contributed by atoms with Crippen LogP contribution in [0.1, 0.15) is 34.7 Å². The maximum atomic E-state index is 13.2. The third kappa shape index (κ3) is 4.72. The number of thiophene rings is 1. The van der Waals surface area contributed by atoms with E-state index in [1.807, 2.05) is 31.7 Å². The minimum atomic E-state index is -3.53. The van der Waals surface area contributed by atoms with Crippen LogP contribution in [-0.2, 0) is 21.4 Å². The molecule has 10 heteroatoms. The van der Waals surface area contributed by atoms with E-state index in [2.05, 4.69) is 10.1 Å². The molecule has 0 spiro atoms. The van der Waals surface area contributed by atoms with Crippen molar-refractivity contribution < 1.29 is 17.7 Å². The van der Waals surface area contributed by atoms with Crippen LogP contribution in [-0.4, -0.2) is 72.9 Å². The number of piperidine rings is 1. The number of sulfonamides is 1. The standard InChI is InChI=1S/C21H30N4O4S2/c1-15-6-7-20(30-15)31(27,28)25-8-4-5-18(13-25)21(26)24-11-9-23(10-12-24)14-19-16(2)22-29-17(19)3/h6-7,18H,4-5,8-14H2,1-3H3. The van der Waals surface area contributed by atoms with Crippen LogP contribution < -0.4 is 0 Å². The largest absolute Gasteiger partial charge is 0.361 e. The Balaban J connectivity index is 1.34. The maximum absolute atomic E-state index is 13.2. The Morgan fingerprint density at radius 3 is 2.52 bits per heavy atom. The Hall–Kier alpha value is -1.75. The van der Waals surface area contributed by atoms with Crippen molar-refractivity contribution in [1.82, 2.24) is 19.3 Å². The second-order valence-electron chi connectivity index (χ2n) is 8.47. The molecule has 2 aliphatic heterocycles. The molecule has 0 bridgehead atoms. The Morgan fingerprint density at radius 1 is 1.16 bits per heavy atom. The van der Waals surface area contributed by atoms with Crippen LogP contribution in [0.2, 0.25) is 0 Å². The zero-order chi connectivity index (χ0) is 22.2. The number of nitrogens with zero attached hydrogens (tertiary/aromatic N) is 4. The monoisotopic (exact) mass is 466 g/mol. The van der Waals surface area contributed by atoms with Crippen LogP contribution in [0.25, 0.3) is 0 Å². The molecule has 1 atom stereocenters. The van der Waals surface area contributed by atoms with Gasteiger partial charge < -0.3 is 9.42 Å². The molecule has 0 aliphatic carbocycles. The average Bonchev–Trinajstić information content (AvgIpc) is 3.35. The number of aryl methyl sites for hydroxylation is 3. The summed E-state index contributed by atoms with van der Waals surface area (Å²) in [6.45, 7) is 10.2. The molecule has 2 saturated heterocycles. The van der Waals surface area contributed by atoms with Gasteiger partial charge in [0.15, 0.2) is 0 Å². The van der Waals surface area contributed by atoms with Crippen molar-refractivity contribution in [2.24, 2.45) is 5.92 Å². The molecule has 0 aromatic carbocycles. The predicted octanol–water partition coefficient (Wildman–Crippen LogP) is 2.41. The SMILES string of the molecule is Cc1ccc(S(=O)(=O)N2CCCC(C(=O)N3CCN(Cc4c(C)noc4C)CC3)C2)s1. The Morgan fingerprint density at radius 2 is 1.90 bits per heavy atom. The Bertz CT molecular complexity index is 1020. The van der Waals surface area contributed by atoms with Crippen LogP contribution in [0.5, 0.6) is 0 Å². The zero-order valence-corrected chi connectivity index (χ0v) is 20.0. The summed E-state index contributed by atoms with van der Waals surface area (Å²) in [5, 5.41) is 4.02. The quantitative estimate of drug-likeness (QED) is 0.673. The van der Waals surface area contributed by atoms with Crippen molar-refractivity contribution in [2.75, 3.05) is 39.3 Å². The normalized spacial score (nSPS) is 21.5. The summed E-state index contributed by atoms with van der Waals surface area (Å²) in [5.74, 6) is 0.665. The summed E-state index contributed by atoms with van der Waals surface area (Å²) < 4.78 is 33.1. The van der Waals surface area contributed by atoms with Crippen LogP contribution in [0, 0.1) is 26.7 Å². The van der Waals surface area contributed by atoms with E-state index in [0.717, 1.165) is 47.9 Å². The van der Waals surface area contributed by atoms with E-state index in [-0.39, 0.29) is 18.4 Å². The highest BCUT2D eigenvalue weighted by Gasteiger charge is 2.36. The number of hydrogen-bond donors (Lipinski definition) is 0. The van der Waals surface area contributed by atoms with Crippen molar-refractivity contribution >= 4 is 27.3 Å². The fourth-order valence-corrected chi connectivity index (χ4v) is 7.34. The average molecular weight is 467 g/mol. The Labute approximate surface area is 187 Å². The second-order valence-corrected chi connectivity index (χ2v) is 11.9. The van der Waals surface area contributed by atoms with Crippen molar-refractivity contribution in [1.29, 1.82) is 0 Å². The van der Waals surface area contributed by atoms with Gasteiger partial charge in [-0.25, -0.2) is 8.42 Å². The van der Waals surface area contributed by atoms with Crippen molar-refractivity contribution in [3.8, 4) is 0 Å². The van der Waals surface area contributed by atoms with Crippen LogP contribution in [0.3, 0.4) is 0 Å². The van der Waals surface area contributed by atoms with Gasteiger partial charge in [-0.1, -0.05) is 5.16 Å². The van der Waals surface area contributed by atoms with Gasteiger partial charge in [-0.05, 0) is 45.7 Å². The van der Waals surface area contributed by atoms with Gasteiger partial charge in [0.25, 0.3) is 10.0 Å². The molecule has 2 aliphatic rings. The molecule has 4 rings (SSSR count).